The highest BCUT2D eigenvalue weighted by atomic mass is 79.9. The van der Waals surface area contributed by atoms with Gasteiger partial charge in [0.15, 0.2) is 0 Å². The number of H-pyrrole nitrogens is 1. The largest absolute Gasteiger partial charge is 0.462 e. The fraction of sp³-hybridized carbons (Fsp3) is 0.286. The van der Waals surface area contributed by atoms with Gasteiger partial charge in [0.05, 0.1) is 16.6 Å². The van der Waals surface area contributed by atoms with Crippen molar-refractivity contribution in [1.82, 2.24) is 4.98 Å². The molecule has 5 nitrogen and oxygen atoms in total. The lowest BCUT2D eigenvalue weighted by atomic mass is 10.1. The minimum absolute atomic E-state index is 0.304. The van der Waals surface area contributed by atoms with Gasteiger partial charge < -0.3 is 14.5 Å². The maximum Gasteiger partial charge on any atom is 0.340 e. The minimum atomic E-state index is -0.421. The monoisotopic (exact) mass is 339 g/mol. The van der Waals surface area contributed by atoms with Crippen LogP contribution in [-0.4, -0.2) is 23.5 Å². The minimum Gasteiger partial charge on any atom is -0.462 e. The topological polar surface area (TPSA) is 68.4 Å². The molecule has 1 aromatic heterocycles. The second-order valence-corrected chi connectivity index (χ2v) is 5.12. The Labute approximate surface area is 124 Å². The van der Waals surface area contributed by atoms with Gasteiger partial charge in [-0.2, -0.15) is 0 Å². The lowest BCUT2D eigenvalue weighted by Gasteiger charge is -2.05. The van der Waals surface area contributed by atoms with Crippen molar-refractivity contribution in [1.29, 1.82) is 0 Å². The van der Waals surface area contributed by atoms with Crippen LogP contribution in [0.2, 0.25) is 0 Å². The number of aromatic nitrogens is 1. The Bertz CT molecular complexity index is 690. The van der Waals surface area contributed by atoms with Gasteiger partial charge in [0.25, 0.3) is 0 Å². The average Bonchev–Trinajstić information content (AvgIpc) is 2.64. The highest BCUT2D eigenvalue weighted by Gasteiger charge is 2.19. The maximum absolute atomic E-state index is 12.0. The summed E-state index contributed by atoms with van der Waals surface area (Å²) >= 11 is 3.33. The van der Waals surface area contributed by atoms with Crippen molar-refractivity contribution in [3.8, 4) is 5.75 Å². The molecule has 106 valence electrons. The van der Waals surface area contributed by atoms with Gasteiger partial charge in [-0.25, -0.2) is 4.79 Å². The van der Waals surface area contributed by atoms with Crippen LogP contribution in [0.3, 0.4) is 0 Å². The van der Waals surface area contributed by atoms with E-state index >= 15 is 0 Å². The third-order valence-electron chi connectivity index (χ3n) is 2.77. The van der Waals surface area contributed by atoms with Gasteiger partial charge in [0.2, 0.25) is 0 Å². The summed E-state index contributed by atoms with van der Waals surface area (Å²) in [7, 11) is 0. The summed E-state index contributed by atoms with van der Waals surface area (Å²) < 4.78 is 10.8. The van der Waals surface area contributed by atoms with E-state index in [0.29, 0.717) is 33.5 Å². The van der Waals surface area contributed by atoms with Crippen molar-refractivity contribution < 1.29 is 19.1 Å². The maximum atomic E-state index is 12.0. The molecule has 0 saturated heterocycles. The first-order valence-electron chi connectivity index (χ1n) is 6.11. The number of nitrogens with one attached hydrogen (secondary N) is 1. The van der Waals surface area contributed by atoms with E-state index in [1.807, 2.05) is 0 Å². The van der Waals surface area contributed by atoms with Crippen molar-refractivity contribution in [3.05, 3.63) is 27.9 Å². The quantitative estimate of drug-likeness (QED) is 0.687. The van der Waals surface area contributed by atoms with Crippen LogP contribution >= 0.6 is 15.9 Å². The summed E-state index contributed by atoms with van der Waals surface area (Å²) in [5.74, 6) is -0.447. The van der Waals surface area contributed by atoms with E-state index in [2.05, 4.69) is 20.9 Å². The molecule has 6 heteroatoms. The van der Waals surface area contributed by atoms with Crippen molar-refractivity contribution in [2.75, 3.05) is 6.61 Å². The molecule has 0 atom stereocenters. The second kappa shape index (κ2) is 5.66. The molecule has 0 aliphatic rings. The van der Waals surface area contributed by atoms with Gasteiger partial charge in [-0.3, -0.25) is 4.79 Å². The fourth-order valence-electron chi connectivity index (χ4n) is 2.03. The van der Waals surface area contributed by atoms with Crippen molar-refractivity contribution >= 4 is 38.8 Å². The normalized spacial score (nSPS) is 10.6. The number of fused-ring (bicyclic) bond motifs is 1. The Morgan fingerprint density at radius 2 is 2.05 bits per heavy atom. The number of esters is 2. The van der Waals surface area contributed by atoms with Gasteiger partial charge in [-0.05, 0) is 41.9 Å². The lowest BCUT2D eigenvalue weighted by Crippen LogP contribution is -2.06. The van der Waals surface area contributed by atoms with Crippen LogP contribution in [0.5, 0.6) is 5.75 Å². The SMILES string of the molecule is CCOC(=O)c1c(C)[nH]c2cc(Br)c(OC(C)=O)cc12. The van der Waals surface area contributed by atoms with Gasteiger partial charge in [-0.15, -0.1) is 0 Å². The van der Waals surface area contributed by atoms with Crippen LogP contribution in [0.15, 0.2) is 16.6 Å². The zero-order chi connectivity index (χ0) is 14.9. The van der Waals surface area contributed by atoms with E-state index in [1.54, 1.807) is 26.0 Å². The van der Waals surface area contributed by atoms with Crippen LogP contribution in [0.25, 0.3) is 10.9 Å². The van der Waals surface area contributed by atoms with Gasteiger partial charge in [-0.1, -0.05) is 0 Å². The van der Waals surface area contributed by atoms with Gasteiger partial charge in [0.1, 0.15) is 5.75 Å². The molecule has 0 radical (unpaired) electrons. The summed E-state index contributed by atoms with van der Waals surface area (Å²) in [4.78, 5) is 26.2. The number of aromatic amines is 1. The zero-order valence-corrected chi connectivity index (χ0v) is 13.0. The molecule has 0 bridgehead atoms. The van der Waals surface area contributed by atoms with Crippen LogP contribution in [0, 0.1) is 6.92 Å². The molecule has 0 aliphatic heterocycles. The van der Waals surface area contributed by atoms with E-state index in [0.717, 1.165) is 5.52 Å². The Morgan fingerprint density at radius 1 is 1.35 bits per heavy atom. The van der Waals surface area contributed by atoms with Crippen molar-refractivity contribution in [3.63, 3.8) is 0 Å². The van der Waals surface area contributed by atoms with Crippen LogP contribution in [0.1, 0.15) is 29.9 Å². The molecular formula is C14H14BrNO4. The number of rotatable bonds is 3. The number of hydrogen-bond acceptors (Lipinski definition) is 4. The molecule has 0 amide bonds. The summed E-state index contributed by atoms with van der Waals surface area (Å²) in [6.45, 7) is 5.18. The van der Waals surface area contributed by atoms with Crippen molar-refractivity contribution in [2.24, 2.45) is 0 Å². The molecule has 0 fully saturated rings. The highest BCUT2D eigenvalue weighted by molar-refractivity contribution is 9.10. The standard InChI is InChI=1S/C14H14BrNO4/c1-4-19-14(18)13-7(2)16-11-6-10(15)12(5-9(11)13)20-8(3)17/h5-6,16H,4H2,1-3H3. The van der Waals surface area contributed by atoms with Crippen LogP contribution in [0.4, 0.5) is 0 Å². The van der Waals surface area contributed by atoms with E-state index in [1.165, 1.54) is 6.92 Å². The van der Waals surface area contributed by atoms with Crippen molar-refractivity contribution in [2.45, 2.75) is 20.8 Å². The first kappa shape index (κ1) is 14.6. The summed E-state index contributed by atoms with van der Waals surface area (Å²) in [5.41, 5.74) is 1.95. The van der Waals surface area contributed by atoms with E-state index in [-0.39, 0.29) is 0 Å². The number of hydrogen-bond donors (Lipinski definition) is 1. The average molecular weight is 340 g/mol. The summed E-state index contributed by atoms with van der Waals surface area (Å²) in [6, 6.07) is 3.42. The molecular weight excluding hydrogens is 326 g/mol. The fourth-order valence-corrected chi connectivity index (χ4v) is 2.45. The number of benzene rings is 1. The molecule has 0 spiro atoms. The van der Waals surface area contributed by atoms with Gasteiger partial charge in [0, 0.05) is 23.5 Å². The summed E-state index contributed by atoms with van der Waals surface area (Å²) in [5, 5.41) is 0.667. The third-order valence-corrected chi connectivity index (χ3v) is 3.39. The Kier molecular flexibility index (Phi) is 4.13. The van der Waals surface area contributed by atoms with Crippen LogP contribution in [-0.2, 0) is 9.53 Å². The molecule has 0 unspecified atom stereocenters. The number of carbonyl (C=O) groups excluding carboxylic acids is 2. The predicted octanol–water partition coefficient (Wildman–Crippen LogP) is 3.34. The molecule has 20 heavy (non-hydrogen) atoms. The molecule has 2 rings (SSSR count). The Morgan fingerprint density at radius 3 is 2.65 bits per heavy atom. The Hall–Kier alpha value is -1.82. The molecule has 0 saturated carbocycles. The predicted molar refractivity (Wildman–Crippen MR) is 78.0 cm³/mol. The van der Waals surface area contributed by atoms with Gasteiger partial charge >= 0.3 is 11.9 Å². The number of carbonyl (C=O) groups is 2. The van der Waals surface area contributed by atoms with E-state index < -0.39 is 11.9 Å². The van der Waals surface area contributed by atoms with E-state index in [9.17, 15) is 9.59 Å². The molecule has 0 aliphatic carbocycles. The molecule has 2 aromatic rings. The number of ether oxygens (including phenoxy) is 2. The molecule has 1 aromatic carbocycles. The first-order valence-corrected chi connectivity index (χ1v) is 6.90. The molecule has 1 heterocycles. The summed E-state index contributed by atoms with van der Waals surface area (Å²) in [6.07, 6.45) is 0. The third kappa shape index (κ3) is 2.70. The van der Waals surface area contributed by atoms with E-state index in [4.69, 9.17) is 9.47 Å². The smallest absolute Gasteiger partial charge is 0.340 e. The highest BCUT2D eigenvalue weighted by Crippen LogP contribution is 2.33. The molecule has 1 N–H and O–H groups in total. The lowest BCUT2D eigenvalue weighted by molar-refractivity contribution is -0.131. The number of aryl methyl sites for hydroxylation is 1. The second-order valence-electron chi connectivity index (χ2n) is 4.27. The first-order chi connectivity index (χ1) is 9.43. The number of halogens is 1. The Balaban J connectivity index is 2.61. The zero-order valence-electron chi connectivity index (χ0n) is 11.4. The van der Waals surface area contributed by atoms with Crippen LogP contribution < -0.4 is 4.74 Å².